The topological polar surface area (TPSA) is 21.3 Å². The molecule has 1 aliphatic rings. The second-order valence-electron chi connectivity index (χ2n) is 4.42. The second kappa shape index (κ2) is 6.36. The molecule has 0 radical (unpaired) electrons. The average molecular weight is 302 g/mol. The van der Waals surface area contributed by atoms with Crippen molar-refractivity contribution in [1.82, 2.24) is 5.32 Å². The van der Waals surface area contributed by atoms with Gasteiger partial charge in [-0.25, -0.2) is 4.39 Å². The molecule has 1 saturated heterocycles. The van der Waals surface area contributed by atoms with Crippen LogP contribution in [0.15, 0.2) is 22.7 Å². The van der Waals surface area contributed by atoms with Crippen LogP contribution in [0.25, 0.3) is 0 Å². The monoisotopic (exact) mass is 301 g/mol. The fraction of sp³-hybridized carbons (Fsp3) is 0.538. The van der Waals surface area contributed by atoms with Crippen molar-refractivity contribution in [2.24, 2.45) is 5.92 Å². The lowest BCUT2D eigenvalue weighted by atomic mass is 9.97. The van der Waals surface area contributed by atoms with Crippen LogP contribution in [-0.2, 0) is 0 Å². The number of hydrogen-bond donors (Lipinski definition) is 1. The summed E-state index contributed by atoms with van der Waals surface area (Å²) in [6.07, 6.45) is 3.53. The van der Waals surface area contributed by atoms with Crippen molar-refractivity contribution in [3.8, 4) is 5.75 Å². The molecule has 0 aromatic heterocycles. The number of rotatable bonds is 4. The van der Waals surface area contributed by atoms with Gasteiger partial charge < -0.3 is 10.1 Å². The fourth-order valence-corrected chi connectivity index (χ4v) is 2.45. The molecule has 1 heterocycles. The number of halogens is 2. The van der Waals surface area contributed by atoms with E-state index in [0.717, 1.165) is 24.0 Å². The molecule has 17 heavy (non-hydrogen) atoms. The first-order valence-corrected chi connectivity index (χ1v) is 6.83. The fourth-order valence-electron chi connectivity index (χ4n) is 2.09. The lowest BCUT2D eigenvalue weighted by Gasteiger charge is -2.22. The molecule has 0 aliphatic carbocycles. The van der Waals surface area contributed by atoms with Crippen molar-refractivity contribution in [3.05, 3.63) is 28.5 Å². The lowest BCUT2D eigenvalue weighted by Crippen LogP contribution is -2.30. The number of hydrogen-bond acceptors (Lipinski definition) is 2. The summed E-state index contributed by atoms with van der Waals surface area (Å²) >= 11 is 3.35. The minimum atomic E-state index is -0.262. The zero-order chi connectivity index (χ0) is 12.1. The number of nitrogens with one attached hydrogen (secondary N) is 1. The number of ether oxygens (including phenoxy) is 1. The van der Waals surface area contributed by atoms with E-state index in [1.165, 1.54) is 25.0 Å². The summed E-state index contributed by atoms with van der Waals surface area (Å²) in [5.74, 6) is 1.02. The van der Waals surface area contributed by atoms with Gasteiger partial charge in [-0.15, -0.1) is 0 Å². The summed E-state index contributed by atoms with van der Waals surface area (Å²) in [7, 11) is 0. The smallest absolute Gasteiger partial charge is 0.136 e. The van der Waals surface area contributed by atoms with Crippen LogP contribution in [0.2, 0.25) is 0 Å². The minimum absolute atomic E-state index is 0.262. The molecule has 1 aliphatic heterocycles. The Labute approximate surface area is 110 Å². The molecular weight excluding hydrogens is 285 g/mol. The van der Waals surface area contributed by atoms with Crippen LogP contribution in [0.5, 0.6) is 5.75 Å². The molecule has 94 valence electrons. The molecule has 0 saturated carbocycles. The highest BCUT2D eigenvalue weighted by Crippen LogP contribution is 2.26. The SMILES string of the molecule is Fc1ccc(Br)c(OCCC2CCCNC2)c1. The van der Waals surface area contributed by atoms with Crippen molar-refractivity contribution in [3.63, 3.8) is 0 Å². The Hall–Kier alpha value is -0.610. The third-order valence-electron chi connectivity index (χ3n) is 3.08. The second-order valence-corrected chi connectivity index (χ2v) is 5.28. The summed E-state index contributed by atoms with van der Waals surface area (Å²) < 4.78 is 19.4. The molecule has 1 N–H and O–H groups in total. The van der Waals surface area contributed by atoms with E-state index in [1.54, 1.807) is 6.07 Å². The first kappa shape index (κ1) is 12.8. The van der Waals surface area contributed by atoms with E-state index in [9.17, 15) is 4.39 Å². The van der Waals surface area contributed by atoms with Gasteiger partial charge in [-0.1, -0.05) is 0 Å². The molecule has 1 fully saturated rings. The quantitative estimate of drug-likeness (QED) is 0.921. The van der Waals surface area contributed by atoms with Crippen LogP contribution < -0.4 is 10.1 Å². The van der Waals surface area contributed by atoms with E-state index >= 15 is 0 Å². The van der Waals surface area contributed by atoms with Crippen LogP contribution in [0.1, 0.15) is 19.3 Å². The molecule has 0 spiro atoms. The highest BCUT2D eigenvalue weighted by molar-refractivity contribution is 9.10. The molecule has 1 aromatic carbocycles. The summed E-state index contributed by atoms with van der Waals surface area (Å²) in [4.78, 5) is 0. The predicted molar refractivity (Wildman–Crippen MR) is 69.8 cm³/mol. The van der Waals surface area contributed by atoms with Crippen molar-refractivity contribution in [2.45, 2.75) is 19.3 Å². The highest BCUT2D eigenvalue weighted by Gasteiger charge is 2.13. The van der Waals surface area contributed by atoms with Crippen LogP contribution in [0.4, 0.5) is 4.39 Å². The van der Waals surface area contributed by atoms with E-state index < -0.39 is 0 Å². The molecular formula is C13H17BrFNO. The van der Waals surface area contributed by atoms with Crippen molar-refractivity contribution < 1.29 is 9.13 Å². The maximum absolute atomic E-state index is 13.0. The maximum atomic E-state index is 13.0. The molecule has 0 bridgehead atoms. The van der Waals surface area contributed by atoms with Gasteiger partial charge in [0.2, 0.25) is 0 Å². The third kappa shape index (κ3) is 3.96. The molecule has 1 atom stereocenters. The summed E-state index contributed by atoms with van der Waals surface area (Å²) in [6, 6.07) is 4.51. The van der Waals surface area contributed by atoms with Gasteiger partial charge in [-0.3, -0.25) is 0 Å². The van der Waals surface area contributed by atoms with Gasteiger partial charge in [-0.05, 0) is 66.3 Å². The lowest BCUT2D eigenvalue weighted by molar-refractivity contribution is 0.252. The summed E-state index contributed by atoms with van der Waals surface area (Å²) in [5.41, 5.74) is 0. The minimum Gasteiger partial charge on any atom is -0.492 e. The maximum Gasteiger partial charge on any atom is 0.136 e. The van der Waals surface area contributed by atoms with Crippen LogP contribution in [0, 0.1) is 11.7 Å². The van der Waals surface area contributed by atoms with Crippen LogP contribution in [-0.4, -0.2) is 19.7 Å². The summed E-state index contributed by atoms with van der Waals surface area (Å²) in [5, 5.41) is 3.38. The van der Waals surface area contributed by atoms with Crippen molar-refractivity contribution in [2.75, 3.05) is 19.7 Å². The molecule has 0 amide bonds. The van der Waals surface area contributed by atoms with Gasteiger partial charge in [0, 0.05) is 6.07 Å². The summed E-state index contributed by atoms with van der Waals surface area (Å²) in [6.45, 7) is 2.86. The zero-order valence-corrected chi connectivity index (χ0v) is 11.3. The standard InChI is InChI=1S/C13H17BrFNO/c14-12-4-3-11(15)8-13(12)17-7-5-10-2-1-6-16-9-10/h3-4,8,10,16H,1-2,5-7,9H2. The molecule has 4 heteroatoms. The molecule has 1 unspecified atom stereocenters. The normalized spacial score (nSPS) is 20.2. The Kier molecular flexibility index (Phi) is 4.80. The van der Waals surface area contributed by atoms with E-state index in [-0.39, 0.29) is 5.82 Å². The van der Waals surface area contributed by atoms with E-state index in [0.29, 0.717) is 18.3 Å². The van der Waals surface area contributed by atoms with Gasteiger partial charge in [0.25, 0.3) is 0 Å². The van der Waals surface area contributed by atoms with Crippen LogP contribution >= 0.6 is 15.9 Å². The predicted octanol–water partition coefficient (Wildman–Crippen LogP) is 3.36. The zero-order valence-electron chi connectivity index (χ0n) is 9.72. The van der Waals surface area contributed by atoms with Gasteiger partial charge in [0.15, 0.2) is 0 Å². The Morgan fingerprint density at radius 1 is 1.47 bits per heavy atom. The van der Waals surface area contributed by atoms with Gasteiger partial charge in [0.05, 0.1) is 11.1 Å². The number of benzene rings is 1. The molecule has 2 rings (SSSR count). The first-order chi connectivity index (χ1) is 8.25. The Morgan fingerprint density at radius 2 is 2.35 bits per heavy atom. The average Bonchev–Trinajstić information content (AvgIpc) is 2.35. The third-order valence-corrected chi connectivity index (χ3v) is 3.73. The molecule has 2 nitrogen and oxygen atoms in total. The largest absolute Gasteiger partial charge is 0.492 e. The van der Waals surface area contributed by atoms with Gasteiger partial charge >= 0.3 is 0 Å². The first-order valence-electron chi connectivity index (χ1n) is 6.04. The highest BCUT2D eigenvalue weighted by atomic mass is 79.9. The van der Waals surface area contributed by atoms with Gasteiger partial charge in [-0.2, -0.15) is 0 Å². The van der Waals surface area contributed by atoms with Crippen molar-refractivity contribution in [1.29, 1.82) is 0 Å². The van der Waals surface area contributed by atoms with Gasteiger partial charge in [0.1, 0.15) is 11.6 Å². The Balaban J connectivity index is 1.79. The van der Waals surface area contributed by atoms with Crippen LogP contribution in [0.3, 0.4) is 0 Å². The van der Waals surface area contributed by atoms with E-state index in [2.05, 4.69) is 21.2 Å². The van der Waals surface area contributed by atoms with E-state index in [4.69, 9.17) is 4.74 Å². The van der Waals surface area contributed by atoms with E-state index in [1.807, 2.05) is 0 Å². The van der Waals surface area contributed by atoms with Crippen molar-refractivity contribution >= 4 is 15.9 Å². The Bertz CT molecular complexity index is 366. The Morgan fingerprint density at radius 3 is 3.12 bits per heavy atom. The molecule has 1 aromatic rings. The number of piperidine rings is 1.